The first-order valence-corrected chi connectivity index (χ1v) is 8.10. The second-order valence-corrected chi connectivity index (χ2v) is 6.06. The van der Waals surface area contributed by atoms with Gasteiger partial charge >= 0.3 is 6.18 Å². The molecular formula is C15H13F3N4O2S. The number of thiazole rings is 1. The van der Waals surface area contributed by atoms with Gasteiger partial charge in [0.05, 0.1) is 16.8 Å². The van der Waals surface area contributed by atoms with E-state index in [1.165, 1.54) is 11.3 Å². The Hall–Kier alpha value is -2.62. The molecule has 3 rings (SSSR count). The lowest BCUT2D eigenvalue weighted by Crippen LogP contribution is -2.19. The first-order chi connectivity index (χ1) is 11.8. The summed E-state index contributed by atoms with van der Waals surface area (Å²) in [5, 5.41) is 6.26. The van der Waals surface area contributed by atoms with Crippen molar-refractivity contribution in [1.82, 2.24) is 14.8 Å². The van der Waals surface area contributed by atoms with Crippen LogP contribution in [0.1, 0.15) is 12.6 Å². The summed E-state index contributed by atoms with van der Waals surface area (Å²) in [5.74, 6) is 0.189. The summed E-state index contributed by atoms with van der Waals surface area (Å²) in [7, 11) is 0. The molecule has 0 radical (unpaired) electrons. The molecule has 1 N–H and O–H groups in total. The number of fused-ring (bicyclic) bond motifs is 1. The van der Waals surface area contributed by atoms with Crippen molar-refractivity contribution in [1.29, 1.82) is 0 Å². The number of hydrogen-bond donors (Lipinski definition) is 1. The van der Waals surface area contributed by atoms with Gasteiger partial charge in [-0.25, -0.2) is 4.98 Å². The van der Waals surface area contributed by atoms with Gasteiger partial charge < -0.3 is 10.1 Å². The van der Waals surface area contributed by atoms with Crippen molar-refractivity contribution in [2.45, 2.75) is 19.6 Å². The van der Waals surface area contributed by atoms with Crippen molar-refractivity contribution in [2.24, 2.45) is 0 Å². The van der Waals surface area contributed by atoms with Gasteiger partial charge in [0.25, 0.3) is 0 Å². The van der Waals surface area contributed by atoms with E-state index in [4.69, 9.17) is 4.74 Å². The minimum atomic E-state index is -4.53. The van der Waals surface area contributed by atoms with Crippen LogP contribution in [0.5, 0.6) is 5.75 Å². The topological polar surface area (TPSA) is 69.0 Å². The zero-order valence-corrected chi connectivity index (χ0v) is 13.8. The van der Waals surface area contributed by atoms with Gasteiger partial charge in [-0.05, 0) is 31.2 Å². The molecule has 0 bridgehead atoms. The van der Waals surface area contributed by atoms with E-state index in [0.717, 1.165) is 21.6 Å². The van der Waals surface area contributed by atoms with Gasteiger partial charge in [0.15, 0.2) is 10.8 Å². The number of amides is 1. The van der Waals surface area contributed by atoms with Crippen LogP contribution in [-0.4, -0.2) is 27.3 Å². The zero-order chi connectivity index (χ0) is 18.0. The van der Waals surface area contributed by atoms with Crippen molar-refractivity contribution in [3.63, 3.8) is 0 Å². The number of rotatable bonds is 5. The number of carbonyl (C=O) groups is 1. The van der Waals surface area contributed by atoms with Crippen molar-refractivity contribution >= 4 is 32.6 Å². The number of benzene rings is 1. The van der Waals surface area contributed by atoms with E-state index in [1.54, 1.807) is 12.1 Å². The Bertz CT molecular complexity index is 904. The Balaban J connectivity index is 1.68. The Morgan fingerprint density at radius 1 is 1.36 bits per heavy atom. The number of anilines is 1. The highest BCUT2D eigenvalue weighted by atomic mass is 32.1. The number of halogens is 3. The SMILES string of the molecule is CCOc1ccc2nc(NC(=O)Cn3ccc(C(F)(F)F)n3)sc2c1. The van der Waals surface area contributed by atoms with Gasteiger partial charge in [0.1, 0.15) is 12.3 Å². The molecule has 0 atom stereocenters. The molecular weight excluding hydrogens is 357 g/mol. The van der Waals surface area contributed by atoms with E-state index in [-0.39, 0.29) is 6.54 Å². The lowest BCUT2D eigenvalue weighted by atomic mass is 10.3. The third-order valence-corrected chi connectivity index (χ3v) is 4.09. The summed E-state index contributed by atoms with van der Waals surface area (Å²) in [4.78, 5) is 16.2. The van der Waals surface area contributed by atoms with Crippen molar-refractivity contribution in [3.8, 4) is 5.75 Å². The molecule has 1 aromatic carbocycles. The highest BCUT2D eigenvalue weighted by Gasteiger charge is 2.33. The standard InChI is InChI=1S/C15H13F3N4O2S/c1-2-24-9-3-4-10-11(7-9)25-14(19-10)20-13(23)8-22-6-5-12(21-22)15(16,17)18/h3-7H,2,8H2,1H3,(H,19,20,23). The summed E-state index contributed by atoms with van der Waals surface area (Å²) in [6.07, 6.45) is -3.43. The smallest absolute Gasteiger partial charge is 0.435 e. The minimum Gasteiger partial charge on any atom is -0.494 e. The van der Waals surface area contributed by atoms with Gasteiger partial charge in [-0.1, -0.05) is 11.3 Å². The first kappa shape index (κ1) is 17.2. The predicted octanol–water partition coefficient (Wildman–Crippen LogP) is 3.55. The fourth-order valence-electron chi connectivity index (χ4n) is 2.12. The van der Waals surface area contributed by atoms with Crippen molar-refractivity contribution < 1.29 is 22.7 Å². The third-order valence-electron chi connectivity index (χ3n) is 3.15. The highest BCUT2D eigenvalue weighted by Crippen LogP contribution is 2.29. The summed E-state index contributed by atoms with van der Waals surface area (Å²) >= 11 is 1.25. The normalized spacial score (nSPS) is 11.7. The second-order valence-electron chi connectivity index (χ2n) is 5.03. The highest BCUT2D eigenvalue weighted by molar-refractivity contribution is 7.22. The van der Waals surface area contributed by atoms with E-state index in [9.17, 15) is 18.0 Å². The summed E-state index contributed by atoms with van der Waals surface area (Å²) < 4.78 is 44.7. The molecule has 0 aliphatic heterocycles. The summed E-state index contributed by atoms with van der Waals surface area (Å²) in [5.41, 5.74) is -0.342. The Labute approximate surface area is 144 Å². The summed E-state index contributed by atoms with van der Waals surface area (Å²) in [6.45, 7) is 2.08. The maximum absolute atomic E-state index is 12.5. The molecule has 132 valence electrons. The number of hydrogen-bond acceptors (Lipinski definition) is 5. The first-order valence-electron chi connectivity index (χ1n) is 7.29. The molecule has 10 heteroatoms. The van der Waals surface area contributed by atoms with Crippen molar-refractivity contribution in [2.75, 3.05) is 11.9 Å². The number of aromatic nitrogens is 3. The number of alkyl halides is 3. The maximum Gasteiger partial charge on any atom is 0.435 e. The average Bonchev–Trinajstić information content (AvgIpc) is 3.13. The quantitative estimate of drug-likeness (QED) is 0.746. The van der Waals surface area contributed by atoms with Gasteiger partial charge in [-0.2, -0.15) is 18.3 Å². The van der Waals surface area contributed by atoms with E-state index < -0.39 is 17.8 Å². The zero-order valence-electron chi connectivity index (χ0n) is 13.0. The summed E-state index contributed by atoms with van der Waals surface area (Å²) in [6, 6.07) is 6.19. The fourth-order valence-corrected chi connectivity index (χ4v) is 3.03. The largest absolute Gasteiger partial charge is 0.494 e. The molecule has 2 aromatic heterocycles. The van der Waals surface area contributed by atoms with Crippen LogP contribution >= 0.6 is 11.3 Å². The molecule has 2 heterocycles. The lowest BCUT2D eigenvalue weighted by Gasteiger charge is -2.03. The van der Waals surface area contributed by atoms with Crippen molar-refractivity contribution in [3.05, 3.63) is 36.2 Å². The Kier molecular flexibility index (Phi) is 4.62. The van der Waals surface area contributed by atoms with Crippen LogP contribution in [0.4, 0.5) is 18.3 Å². The van der Waals surface area contributed by atoms with E-state index in [2.05, 4.69) is 15.4 Å². The third kappa shape index (κ3) is 4.08. The number of ether oxygens (including phenoxy) is 1. The monoisotopic (exact) mass is 370 g/mol. The van der Waals surface area contributed by atoms with Gasteiger partial charge in [0.2, 0.25) is 5.91 Å². The van der Waals surface area contributed by atoms with Crippen LogP contribution in [0, 0.1) is 0 Å². The average molecular weight is 370 g/mol. The minimum absolute atomic E-state index is 0.337. The van der Waals surface area contributed by atoms with Crippen LogP contribution in [0.3, 0.4) is 0 Å². The second kappa shape index (κ2) is 6.71. The number of nitrogens with zero attached hydrogens (tertiary/aromatic N) is 3. The maximum atomic E-state index is 12.5. The molecule has 25 heavy (non-hydrogen) atoms. The van der Waals surface area contributed by atoms with E-state index in [1.807, 2.05) is 13.0 Å². The Morgan fingerprint density at radius 2 is 2.16 bits per heavy atom. The van der Waals surface area contributed by atoms with Crippen LogP contribution in [0.25, 0.3) is 10.2 Å². The molecule has 6 nitrogen and oxygen atoms in total. The van der Waals surface area contributed by atoms with E-state index in [0.29, 0.717) is 23.0 Å². The molecule has 0 unspecified atom stereocenters. The van der Waals surface area contributed by atoms with E-state index >= 15 is 0 Å². The molecule has 0 fully saturated rings. The van der Waals surface area contributed by atoms with Crippen LogP contribution in [0.2, 0.25) is 0 Å². The Morgan fingerprint density at radius 3 is 2.84 bits per heavy atom. The molecule has 1 amide bonds. The lowest BCUT2D eigenvalue weighted by molar-refractivity contribution is -0.141. The molecule has 0 aliphatic rings. The van der Waals surface area contributed by atoms with Crippen LogP contribution < -0.4 is 10.1 Å². The fraction of sp³-hybridized carbons (Fsp3) is 0.267. The number of nitrogens with one attached hydrogen (secondary N) is 1. The number of carbonyl (C=O) groups excluding carboxylic acids is 1. The predicted molar refractivity (Wildman–Crippen MR) is 86.6 cm³/mol. The van der Waals surface area contributed by atoms with Gasteiger partial charge in [-0.15, -0.1) is 0 Å². The van der Waals surface area contributed by atoms with Crippen LogP contribution in [0.15, 0.2) is 30.5 Å². The van der Waals surface area contributed by atoms with Gasteiger partial charge in [0, 0.05) is 6.20 Å². The molecule has 0 saturated heterocycles. The molecule has 0 aliphatic carbocycles. The molecule has 0 saturated carbocycles. The molecule has 0 spiro atoms. The molecule has 3 aromatic rings. The van der Waals surface area contributed by atoms with Crippen LogP contribution in [-0.2, 0) is 17.5 Å². The van der Waals surface area contributed by atoms with Gasteiger partial charge in [-0.3, -0.25) is 9.48 Å².